The third-order valence-electron chi connectivity index (χ3n) is 5.35. The van der Waals surface area contributed by atoms with E-state index in [4.69, 9.17) is 30.6 Å². The highest BCUT2D eigenvalue weighted by molar-refractivity contribution is 7.70. The number of nitrogens with one attached hydrogen (secondary N) is 1. The molecule has 1 unspecified atom stereocenters. The molecular weight excluding hydrogens is 527 g/mol. The minimum absolute atomic E-state index is 0.0397. The normalized spacial score (nSPS) is 21.2. The van der Waals surface area contributed by atoms with Gasteiger partial charge in [-0.25, -0.2) is 13.9 Å². The van der Waals surface area contributed by atoms with E-state index in [2.05, 4.69) is 20.4 Å². The van der Waals surface area contributed by atoms with Crippen molar-refractivity contribution in [3.05, 3.63) is 52.8 Å². The Labute approximate surface area is 204 Å². The van der Waals surface area contributed by atoms with Gasteiger partial charge in [0, 0.05) is 0 Å². The standard InChI is InChI=1S/C19H23ClFN5O7P2/c1-11(12-2-4-13(21)5-3-12)23-17-18-22-8-15(26(18)25-19(20)24-17)16-7-6-14(33-16)9-32-35(30,31)10-34(27,28)29/h2-5,8,11,14,16H,6-7,9-10H2,1H3,(H,30,31)(H,23,24,25)(H2,27,28,29)/t11-,14-,16+/m0/s1. The van der Waals surface area contributed by atoms with Gasteiger partial charge in [-0.3, -0.25) is 9.13 Å². The predicted octanol–water partition coefficient (Wildman–Crippen LogP) is 3.65. The highest BCUT2D eigenvalue weighted by Gasteiger charge is 2.35. The van der Waals surface area contributed by atoms with Gasteiger partial charge in [0.25, 0.3) is 0 Å². The van der Waals surface area contributed by atoms with Crippen LogP contribution < -0.4 is 5.32 Å². The molecule has 1 aliphatic rings. The van der Waals surface area contributed by atoms with Gasteiger partial charge in [0.2, 0.25) is 5.28 Å². The van der Waals surface area contributed by atoms with Crippen LogP contribution >= 0.6 is 26.8 Å². The molecule has 1 aliphatic heterocycles. The highest BCUT2D eigenvalue weighted by Crippen LogP contribution is 2.55. The number of halogens is 2. The number of fused-ring (bicyclic) bond motifs is 1. The molecule has 0 saturated carbocycles. The molecule has 3 heterocycles. The second kappa shape index (κ2) is 10.2. The zero-order chi connectivity index (χ0) is 25.4. The summed E-state index contributed by atoms with van der Waals surface area (Å²) in [6.45, 7) is 1.57. The molecule has 0 spiro atoms. The van der Waals surface area contributed by atoms with Crippen molar-refractivity contribution in [3.8, 4) is 0 Å². The van der Waals surface area contributed by atoms with Crippen LogP contribution in [0.2, 0.25) is 5.28 Å². The maximum absolute atomic E-state index is 13.2. The van der Waals surface area contributed by atoms with Crippen LogP contribution in [0, 0.1) is 5.82 Å². The molecule has 1 saturated heterocycles. The quantitative estimate of drug-likeness (QED) is 0.287. The van der Waals surface area contributed by atoms with Gasteiger partial charge < -0.3 is 29.3 Å². The van der Waals surface area contributed by atoms with Gasteiger partial charge >= 0.3 is 15.2 Å². The van der Waals surface area contributed by atoms with Crippen LogP contribution in [0.3, 0.4) is 0 Å². The fraction of sp³-hybridized carbons (Fsp3) is 0.421. The molecule has 1 aromatic carbocycles. The largest absolute Gasteiger partial charge is 0.366 e. The van der Waals surface area contributed by atoms with Gasteiger partial charge in [-0.15, -0.1) is 5.10 Å². The number of hydrogen-bond donors (Lipinski definition) is 4. The van der Waals surface area contributed by atoms with Crippen molar-refractivity contribution >= 4 is 38.3 Å². The summed E-state index contributed by atoms with van der Waals surface area (Å²) in [5.74, 6) is -1.23. The number of hydrogen-bond acceptors (Lipinski definition) is 8. The smallest absolute Gasteiger partial charge is 0.340 e. The Kier molecular flexibility index (Phi) is 7.61. The van der Waals surface area contributed by atoms with Crippen LogP contribution in [0.4, 0.5) is 10.2 Å². The van der Waals surface area contributed by atoms with Gasteiger partial charge in [-0.2, -0.15) is 4.98 Å². The molecular formula is C19H23ClFN5O7P2. The number of nitrogens with zero attached hydrogens (tertiary/aromatic N) is 4. The van der Waals surface area contributed by atoms with Crippen molar-refractivity contribution in [2.45, 2.75) is 38.0 Å². The molecule has 0 bridgehead atoms. The van der Waals surface area contributed by atoms with E-state index in [1.807, 2.05) is 6.92 Å². The Balaban J connectivity index is 1.47. The van der Waals surface area contributed by atoms with Crippen molar-refractivity contribution in [3.63, 3.8) is 0 Å². The number of rotatable bonds is 9. The zero-order valence-electron chi connectivity index (χ0n) is 18.4. The lowest BCUT2D eigenvalue weighted by Gasteiger charge is -2.17. The van der Waals surface area contributed by atoms with E-state index >= 15 is 0 Å². The average Bonchev–Trinajstić information content (AvgIpc) is 3.38. The van der Waals surface area contributed by atoms with Crippen molar-refractivity contribution in [2.24, 2.45) is 0 Å². The summed E-state index contributed by atoms with van der Waals surface area (Å²) < 4.78 is 48.4. The first-order valence-electron chi connectivity index (χ1n) is 10.5. The minimum atomic E-state index is -4.71. The predicted molar refractivity (Wildman–Crippen MR) is 124 cm³/mol. The molecule has 2 aromatic heterocycles. The summed E-state index contributed by atoms with van der Waals surface area (Å²) in [5, 5.41) is 7.38. The average molecular weight is 550 g/mol. The Morgan fingerprint density at radius 2 is 2.00 bits per heavy atom. The molecule has 4 N–H and O–H groups in total. The second-order valence-electron chi connectivity index (χ2n) is 8.13. The molecule has 35 heavy (non-hydrogen) atoms. The lowest BCUT2D eigenvalue weighted by molar-refractivity contribution is 0.0124. The summed E-state index contributed by atoms with van der Waals surface area (Å²) in [6.07, 6.45) is 1.50. The van der Waals surface area contributed by atoms with E-state index in [0.29, 0.717) is 30.0 Å². The summed E-state index contributed by atoms with van der Waals surface area (Å²) in [7, 11) is -9.18. The first kappa shape index (κ1) is 26.1. The number of ether oxygens (including phenoxy) is 1. The Bertz CT molecular complexity index is 1300. The summed E-state index contributed by atoms with van der Waals surface area (Å²) in [5.41, 5.74) is 1.79. The summed E-state index contributed by atoms with van der Waals surface area (Å²) in [4.78, 5) is 36.1. The summed E-state index contributed by atoms with van der Waals surface area (Å²) >= 11 is 6.15. The fourth-order valence-electron chi connectivity index (χ4n) is 3.75. The third kappa shape index (κ3) is 6.63. The molecule has 4 atom stereocenters. The molecule has 4 rings (SSSR count). The zero-order valence-corrected chi connectivity index (χ0v) is 20.9. The third-order valence-corrected chi connectivity index (χ3v) is 8.96. The van der Waals surface area contributed by atoms with E-state index in [1.54, 1.807) is 18.3 Å². The van der Waals surface area contributed by atoms with Gasteiger partial charge in [0.05, 0.1) is 30.6 Å². The second-order valence-corrected chi connectivity index (χ2v) is 12.5. The van der Waals surface area contributed by atoms with Crippen LogP contribution in [0.15, 0.2) is 30.5 Å². The van der Waals surface area contributed by atoms with Crippen molar-refractivity contribution < 1.29 is 37.5 Å². The first-order valence-corrected chi connectivity index (χ1v) is 14.4. The van der Waals surface area contributed by atoms with Crippen LogP contribution in [0.1, 0.15) is 43.2 Å². The van der Waals surface area contributed by atoms with E-state index in [0.717, 1.165) is 5.56 Å². The molecule has 16 heteroatoms. The lowest BCUT2D eigenvalue weighted by atomic mass is 10.1. The maximum atomic E-state index is 13.2. The van der Waals surface area contributed by atoms with Gasteiger partial charge in [-0.05, 0) is 49.1 Å². The van der Waals surface area contributed by atoms with Gasteiger partial charge in [-0.1, -0.05) is 12.1 Å². The summed E-state index contributed by atoms with van der Waals surface area (Å²) in [6, 6.07) is 5.80. The topological polar surface area (TPSA) is 168 Å². The molecule has 3 aromatic rings. The van der Waals surface area contributed by atoms with E-state index < -0.39 is 33.3 Å². The molecule has 12 nitrogen and oxygen atoms in total. The number of aromatic nitrogens is 4. The van der Waals surface area contributed by atoms with Crippen LogP contribution in [0.25, 0.3) is 5.65 Å². The van der Waals surface area contributed by atoms with Crippen LogP contribution in [0.5, 0.6) is 0 Å². The van der Waals surface area contributed by atoms with Gasteiger partial charge in [0.1, 0.15) is 11.9 Å². The van der Waals surface area contributed by atoms with Crippen LogP contribution in [-0.2, 0) is 18.4 Å². The fourth-order valence-corrected chi connectivity index (χ4v) is 6.50. The van der Waals surface area contributed by atoms with E-state index in [1.165, 1.54) is 16.6 Å². The van der Waals surface area contributed by atoms with E-state index in [9.17, 15) is 18.4 Å². The number of anilines is 1. The minimum Gasteiger partial charge on any atom is -0.366 e. The van der Waals surface area contributed by atoms with Crippen molar-refractivity contribution in [1.82, 2.24) is 19.6 Å². The molecule has 0 radical (unpaired) electrons. The van der Waals surface area contributed by atoms with E-state index in [-0.39, 0.29) is 23.7 Å². The molecule has 1 fully saturated rings. The number of benzene rings is 1. The Morgan fingerprint density at radius 3 is 2.69 bits per heavy atom. The monoisotopic (exact) mass is 549 g/mol. The SMILES string of the molecule is C[C@H](Nc1nc(Cl)nn2c([C@H]3CC[C@@H](COP(=O)(O)CP(=O)(O)O)O3)cnc12)c1ccc(F)cc1. The number of imidazole rings is 1. The van der Waals surface area contributed by atoms with Crippen molar-refractivity contribution in [1.29, 1.82) is 0 Å². The maximum Gasteiger partial charge on any atom is 0.340 e. The molecule has 0 aliphatic carbocycles. The molecule has 0 amide bonds. The Morgan fingerprint density at radius 1 is 1.29 bits per heavy atom. The highest BCUT2D eigenvalue weighted by atomic mass is 35.5. The van der Waals surface area contributed by atoms with Crippen LogP contribution in [-0.4, -0.2) is 52.9 Å². The first-order chi connectivity index (χ1) is 16.4. The Hall–Kier alpha value is -1.95. The molecule has 190 valence electrons. The van der Waals surface area contributed by atoms with Gasteiger partial charge in [0.15, 0.2) is 17.4 Å². The lowest BCUT2D eigenvalue weighted by Crippen LogP contribution is -2.15. The van der Waals surface area contributed by atoms with Crippen molar-refractivity contribution in [2.75, 3.05) is 17.8 Å².